The first-order valence-corrected chi connectivity index (χ1v) is 6.47. The maximum absolute atomic E-state index is 6.07. The van der Waals surface area contributed by atoms with Crippen molar-refractivity contribution in [2.24, 2.45) is 0 Å². The number of alkyl halides is 1. The number of aromatic nitrogens is 3. The molecule has 0 aliphatic carbocycles. The van der Waals surface area contributed by atoms with Crippen molar-refractivity contribution in [3.63, 3.8) is 0 Å². The zero-order chi connectivity index (χ0) is 13.3. The van der Waals surface area contributed by atoms with E-state index in [1.54, 1.807) is 12.3 Å². The second kappa shape index (κ2) is 5.39. The van der Waals surface area contributed by atoms with Crippen molar-refractivity contribution < 1.29 is 0 Å². The van der Waals surface area contributed by atoms with E-state index in [0.29, 0.717) is 21.6 Å². The van der Waals surface area contributed by atoms with Gasteiger partial charge in [0.25, 0.3) is 0 Å². The maximum Gasteiger partial charge on any atom is 0.179 e. The van der Waals surface area contributed by atoms with Crippen LogP contribution in [0.4, 0.5) is 0 Å². The molecule has 2 rings (SSSR count). The Balaban J connectivity index is 2.49. The van der Waals surface area contributed by atoms with Gasteiger partial charge < -0.3 is 0 Å². The van der Waals surface area contributed by atoms with E-state index < -0.39 is 0 Å². The standard InChI is InChI=1S/C12H10Cl3N3/c1-6(13)9-5-17-12(18-7(9)2)11-10(15)3-8(14)4-16-11/h3-6H,1-2H3. The second-order valence-electron chi connectivity index (χ2n) is 3.83. The minimum absolute atomic E-state index is 0.132. The van der Waals surface area contributed by atoms with Gasteiger partial charge >= 0.3 is 0 Å². The number of hydrogen-bond donors (Lipinski definition) is 0. The van der Waals surface area contributed by atoms with Crippen LogP contribution in [0.15, 0.2) is 18.5 Å². The summed E-state index contributed by atoms with van der Waals surface area (Å²) in [5.74, 6) is 0.468. The van der Waals surface area contributed by atoms with Gasteiger partial charge in [0.1, 0.15) is 5.69 Å². The summed E-state index contributed by atoms with van der Waals surface area (Å²) < 4.78 is 0. The van der Waals surface area contributed by atoms with E-state index in [1.165, 1.54) is 6.20 Å². The molecule has 0 saturated carbocycles. The predicted molar refractivity (Wildman–Crippen MR) is 74.3 cm³/mol. The molecular weight excluding hydrogens is 293 g/mol. The summed E-state index contributed by atoms with van der Waals surface area (Å²) >= 11 is 17.9. The zero-order valence-corrected chi connectivity index (χ0v) is 12.1. The molecular formula is C12H10Cl3N3. The molecule has 1 atom stereocenters. The van der Waals surface area contributed by atoms with Gasteiger partial charge in [-0.25, -0.2) is 15.0 Å². The van der Waals surface area contributed by atoms with Crippen molar-refractivity contribution >= 4 is 34.8 Å². The van der Waals surface area contributed by atoms with Gasteiger partial charge in [0, 0.05) is 23.7 Å². The smallest absolute Gasteiger partial charge is 0.179 e. The lowest BCUT2D eigenvalue weighted by Gasteiger charge is -2.08. The van der Waals surface area contributed by atoms with E-state index in [2.05, 4.69) is 15.0 Å². The Labute approximate surface area is 120 Å². The van der Waals surface area contributed by atoms with E-state index in [1.807, 2.05) is 13.8 Å². The van der Waals surface area contributed by atoms with Crippen molar-refractivity contribution in [2.75, 3.05) is 0 Å². The molecule has 0 amide bonds. The highest BCUT2D eigenvalue weighted by Gasteiger charge is 2.13. The third kappa shape index (κ3) is 2.74. The van der Waals surface area contributed by atoms with Crippen LogP contribution >= 0.6 is 34.8 Å². The lowest BCUT2D eigenvalue weighted by Crippen LogP contribution is -2.00. The van der Waals surface area contributed by atoms with Gasteiger partial charge in [0.2, 0.25) is 0 Å². The number of hydrogen-bond acceptors (Lipinski definition) is 3. The molecule has 3 nitrogen and oxygen atoms in total. The Morgan fingerprint density at radius 1 is 1.17 bits per heavy atom. The summed E-state index contributed by atoms with van der Waals surface area (Å²) in [6.45, 7) is 3.75. The summed E-state index contributed by atoms with van der Waals surface area (Å²) in [4.78, 5) is 12.7. The molecule has 2 aromatic rings. The predicted octanol–water partition coefficient (Wildman–Crippen LogP) is 4.45. The van der Waals surface area contributed by atoms with Crippen LogP contribution in [-0.4, -0.2) is 15.0 Å². The van der Waals surface area contributed by atoms with Gasteiger partial charge in [0.05, 0.1) is 15.4 Å². The number of aryl methyl sites for hydroxylation is 1. The van der Waals surface area contributed by atoms with Crippen molar-refractivity contribution in [1.29, 1.82) is 0 Å². The highest BCUT2D eigenvalue weighted by atomic mass is 35.5. The number of pyridine rings is 1. The van der Waals surface area contributed by atoms with E-state index in [0.717, 1.165) is 11.3 Å². The summed E-state index contributed by atoms with van der Waals surface area (Å²) in [6.07, 6.45) is 3.21. The largest absolute Gasteiger partial charge is 0.250 e. The van der Waals surface area contributed by atoms with Gasteiger partial charge in [-0.2, -0.15) is 0 Å². The average molecular weight is 303 g/mol. The quantitative estimate of drug-likeness (QED) is 0.769. The highest BCUT2D eigenvalue weighted by molar-refractivity contribution is 6.35. The van der Waals surface area contributed by atoms with Crippen LogP contribution in [0.25, 0.3) is 11.5 Å². The molecule has 1 unspecified atom stereocenters. The fraction of sp³-hybridized carbons (Fsp3) is 0.250. The van der Waals surface area contributed by atoms with Gasteiger partial charge in [0.15, 0.2) is 5.82 Å². The molecule has 0 aliphatic rings. The van der Waals surface area contributed by atoms with Crippen LogP contribution in [0.1, 0.15) is 23.6 Å². The van der Waals surface area contributed by atoms with Crippen LogP contribution in [0.2, 0.25) is 10.0 Å². The fourth-order valence-electron chi connectivity index (χ4n) is 1.56. The van der Waals surface area contributed by atoms with Crippen LogP contribution in [0.5, 0.6) is 0 Å². The van der Waals surface area contributed by atoms with Gasteiger partial charge in [-0.05, 0) is 19.9 Å². The molecule has 0 bridgehead atoms. The Kier molecular flexibility index (Phi) is 4.05. The van der Waals surface area contributed by atoms with Crippen molar-refractivity contribution in [3.8, 4) is 11.5 Å². The van der Waals surface area contributed by atoms with E-state index in [-0.39, 0.29) is 5.38 Å². The van der Waals surface area contributed by atoms with Crippen LogP contribution in [0.3, 0.4) is 0 Å². The van der Waals surface area contributed by atoms with Gasteiger partial charge in [-0.1, -0.05) is 23.2 Å². The second-order valence-corrected chi connectivity index (χ2v) is 5.33. The summed E-state index contributed by atoms with van der Waals surface area (Å²) in [5, 5.41) is 0.771. The summed E-state index contributed by atoms with van der Waals surface area (Å²) in [6, 6.07) is 1.61. The van der Waals surface area contributed by atoms with Crippen LogP contribution in [0, 0.1) is 6.92 Å². The lowest BCUT2D eigenvalue weighted by molar-refractivity contribution is 0.971. The van der Waals surface area contributed by atoms with Gasteiger partial charge in [-0.15, -0.1) is 11.6 Å². The molecule has 0 radical (unpaired) electrons. The third-order valence-electron chi connectivity index (χ3n) is 2.47. The molecule has 18 heavy (non-hydrogen) atoms. The Hall–Kier alpha value is -0.900. The molecule has 0 saturated heterocycles. The third-order valence-corrected chi connectivity index (χ3v) is 3.20. The van der Waals surface area contributed by atoms with Gasteiger partial charge in [-0.3, -0.25) is 0 Å². The highest BCUT2D eigenvalue weighted by Crippen LogP contribution is 2.27. The Morgan fingerprint density at radius 3 is 2.44 bits per heavy atom. The number of rotatable bonds is 2. The molecule has 6 heteroatoms. The number of halogens is 3. The Bertz CT molecular complexity index is 585. The molecule has 0 spiro atoms. The first-order chi connectivity index (χ1) is 8.49. The first kappa shape index (κ1) is 13.5. The molecule has 2 aromatic heterocycles. The SMILES string of the molecule is Cc1nc(-c2ncc(Cl)cc2Cl)ncc1C(C)Cl. The van der Waals surface area contributed by atoms with Crippen LogP contribution < -0.4 is 0 Å². The van der Waals surface area contributed by atoms with E-state index in [9.17, 15) is 0 Å². The van der Waals surface area contributed by atoms with Crippen molar-refractivity contribution in [2.45, 2.75) is 19.2 Å². The fourth-order valence-corrected chi connectivity index (χ4v) is 2.24. The molecule has 0 N–H and O–H groups in total. The van der Waals surface area contributed by atoms with Crippen LogP contribution in [-0.2, 0) is 0 Å². The van der Waals surface area contributed by atoms with Crippen molar-refractivity contribution in [3.05, 3.63) is 39.8 Å². The van der Waals surface area contributed by atoms with E-state index >= 15 is 0 Å². The first-order valence-electron chi connectivity index (χ1n) is 5.28. The summed E-state index contributed by atoms with van der Waals surface area (Å²) in [5.41, 5.74) is 2.22. The van der Waals surface area contributed by atoms with E-state index in [4.69, 9.17) is 34.8 Å². The number of nitrogens with zero attached hydrogens (tertiary/aromatic N) is 3. The zero-order valence-electron chi connectivity index (χ0n) is 9.78. The lowest BCUT2D eigenvalue weighted by atomic mass is 10.2. The molecule has 0 fully saturated rings. The van der Waals surface area contributed by atoms with Crippen molar-refractivity contribution in [1.82, 2.24) is 15.0 Å². The average Bonchev–Trinajstić information content (AvgIpc) is 2.28. The minimum Gasteiger partial charge on any atom is -0.250 e. The molecule has 0 aromatic carbocycles. The Morgan fingerprint density at radius 2 is 1.89 bits per heavy atom. The molecule has 94 valence electrons. The normalized spacial score (nSPS) is 12.5. The minimum atomic E-state index is -0.132. The topological polar surface area (TPSA) is 38.7 Å². The maximum atomic E-state index is 6.07. The molecule has 0 aliphatic heterocycles. The monoisotopic (exact) mass is 301 g/mol. The summed E-state index contributed by atoms with van der Waals surface area (Å²) in [7, 11) is 0. The molecule has 2 heterocycles.